The molecule has 1 heterocycles. The van der Waals surface area contributed by atoms with Crippen LogP contribution < -0.4 is 0 Å². The summed E-state index contributed by atoms with van der Waals surface area (Å²) in [6.07, 6.45) is 1.27. The van der Waals surface area contributed by atoms with Crippen molar-refractivity contribution in [2.24, 2.45) is 0 Å². The van der Waals surface area contributed by atoms with E-state index in [1.807, 2.05) is 4.90 Å². The number of benzene rings is 1. The molecule has 1 saturated heterocycles. The third-order valence-electron chi connectivity index (χ3n) is 2.92. The smallest absolute Gasteiger partial charge is 0.130 e. The van der Waals surface area contributed by atoms with Crippen molar-refractivity contribution >= 4 is 0 Å². The lowest BCUT2D eigenvalue weighted by Crippen LogP contribution is -2.38. The number of β-amino-alcohol motifs (C(OH)–C–C–N with tert-alkyl or cyclic N) is 1. The maximum atomic E-state index is 13.4. The van der Waals surface area contributed by atoms with Gasteiger partial charge >= 0.3 is 0 Å². The van der Waals surface area contributed by atoms with Crippen molar-refractivity contribution in [2.45, 2.75) is 25.5 Å². The van der Waals surface area contributed by atoms with Crippen molar-refractivity contribution in [1.29, 1.82) is 0 Å². The highest BCUT2D eigenvalue weighted by Crippen LogP contribution is 2.18. The Labute approximate surface area is 93.5 Å². The van der Waals surface area contributed by atoms with Gasteiger partial charge in [-0.05, 0) is 31.5 Å². The van der Waals surface area contributed by atoms with Gasteiger partial charge < -0.3 is 5.11 Å². The first-order valence-electron chi connectivity index (χ1n) is 5.50. The number of nitrogens with zero attached hydrogens (tertiary/aromatic N) is 1. The van der Waals surface area contributed by atoms with Gasteiger partial charge in [0.2, 0.25) is 0 Å². The molecular weight excluding hydrogens is 212 g/mol. The van der Waals surface area contributed by atoms with Gasteiger partial charge in [-0.2, -0.15) is 0 Å². The van der Waals surface area contributed by atoms with Crippen LogP contribution in [-0.4, -0.2) is 29.2 Å². The van der Waals surface area contributed by atoms with Crippen LogP contribution in [0.3, 0.4) is 0 Å². The Kier molecular flexibility index (Phi) is 3.51. The topological polar surface area (TPSA) is 23.5 Å². The Hall–Kier alpha value is -1.00. The van der Waals surface area contributed by atoms with Gasteiger partial charge in [-0.3, -0.25) is 4.90 Å². The molecule has 2 nitrogen and oxygen atoms in total. The fourth-order valence-corrected chi connectivity index (χ4v) is 2.08. The van der Waals surface area contributed by atoms with Crippen LogP contribution in [0.25, 0.3) is 0 Å². The summed E-state index contributed by atoms with van der Waals surface area (Å²) in [7, 11) is 0. The normalized spacial score (nSPS) is 22.3. The molecule has 1 aliphatic rings. The molecule has 1 aromatic rings. The van der Waals surface area contributed by atoms with E-state index in [-0.39, 0.29) is 18.2 Å². The molecule has 0 aromatic heterocycles. The molecule has 0 radical (unpaired) electrons. The summed E-state index contributed by atoms with van der Waals surface area (Å²) in [5.74, 6) is -1.03. The molecule has 1 aromatic carbocycles. The molecule has 0 saturated carbocycles. The zero-order chi connectivity index (χ0) is 11.5. The molecule has 16 heavy (non-hydrogen) atoms. The third-order valence-corrected chi connectivity index (χ3v) is 2.92. The van der Waals surface area contributed by atoms with E-state index >= 15 is 0 Å². The number of rotatable bonds is 2. The second-order valence-electron chi connectivity index (χ2n) is 4.23. The fraction of sp³-hybridized carbons (Fsp3) is 0.500. The summed E-state index contributed by atoms with van der Waals surface area (Å²) in [5, 5.41) is 9.47. The average Bonchev–Trinajstić information content (AvgIpc) is 2.24. The standard InChI is InChI=1S/C12H15F2NO/c13-11-4-1-5-12(14)10(11)8-15-6-2-3-9(16)7-15/h1,4-5,9,16H,2-3,6-8H2/t9-/m1/s1. The van der Waals surface area contributed by atoms with Crippen LogP contribution in [0.2, 0.25) is 0 Å². The van der Waals surface area contributed by atoms with Gasteiger partial charge in [0.05, 0.1) is 6.10 Å². The maximum Gasteiger partial charge on any atom is 0.130 e. The quantitative estimate of drug-likeness (QED) is 0.834. The van der Waals surface area contributed by atoms with Crippen LogP contribution in [-0.2, 0) is 6.54 Å². The summed E-state index contributed by atoms with van der Waals surface area (Å²) in [4.78, 5) is 1.88. The highest BCUT2D eigenvalue weighted by molar-refractivity contribution is 5.19. The Morgan fingerprint density at radius 1 is 1.31 bits per heavy atom. The summed E-state index contributed by atoms with van der Waals surface area (Å²) < 4.78 is 26.7. The number of hydrogen-bond donors (Lipinski definition) is 1. The number of piperidine rings is 1. The van der Waals surface area contributed by atoms with Gasteiger partial charge in [0, 0.05) is 18.7 Å². The molecule has 0 unspecified atom stereocenters. The van der Waals surface area contributed by atoms with Crippen LogP contribution >= 0.6 is 0 Å². The minimum absolute atomic E-state index is 0.0941. The highest BCUT2D eigenvalue weighted by Gasteiger charge is 2.20. The first-order valence-corrected chi connectivity index (χ1v) is 5.50. The fourth-order valence-electron chi connectivity index (χ4n) is 2.08. The molecule has 0 amide bonds. The lowest BCUT2D eigenvalue weighted by atomic mass is 10.1. The van der Waals surface area contributed by atoms with Gasteiger partial charge in [0.25, 0.3) is 0 Å². The minimum Gasteiger partial charge on any atom is -0.392 e. The predicted molar refractivity (Wildman–Crippen MR) is 56.9 cm³/mol. The van der Waals surface area contributed by atoms with Gasteiger partial charge in [0.15, 0.2) is 0 Å². The molecule has 0 aliphatic carbocycles. The van der Waals surface area contributed by atoms with Crippen LogP contribution in [0, 0.1) is 11.6 Å². The number of aliphatic hydroxyl groups excluding tert-OH is 1. The molecule has 1 aliphatic heterocycles. The highest BCUT2D eigenvalue weighted by atomic mass is 19.1. The monoisotopic (exact) mass is 227 g/mol. The summed E-state index contributed by atoms with van der Waals surface area (Å²) in [5.41, 5.74) is 0.0941. The summed E-state index contributed by atoms with van der Waals surface area (Å²) >= 11 is 0. The summed E-state index contributed by atoms with van der Waals surface area (Å²) in [6, 6.07) is 3.89. The van der Waals surface area contributed by atoms with Crippen LogP contribution in [0.5, 0.6) is 0 Å². The van der Waals surface area contributed by atoms with E-state index in [9.17, 15) is 13.9 Å². The molecule has 2 rings (SSSR count). The van der Waals surface area contributed by atoms with Gasteiger partial charge in [-0.25, -0.2) is 8.78 Å². The van der Waals surface area contributed by atoms with Crippen molar-refractivity contribution in [1.82, 2.24) is 4.90 Å². The van der Waals surface area contributed by atoms with Gasteiger partial charge in [-0.15, -0.1) is 0 Å². The summed E-state index contributed by atoms with van der Waals surface area (Å²) in [6.45, 7) is 1.51. The molecule has 1 atom stereocenters. The first kappa shape index (κ1) is 11.5. The molecule has 0 bridgehead atoms. The molecule has 1 fully saturated rings. The van der Waals surface area contributed by atoms with Crippen molar-refractivity contribution in [3.8, 4) is 0 Å². The Balaban J connectivity index is 2.08. The molecule has 0 spiro atoms. The average molecular weight is 227 g/mol. The lowest BCUT2D eigenvalue weighted by molar-refractivity contribution is 0.0656. The number of halogens is 2. The van der Waals surface area contributed by atoms with Gasteiger partial charge in [0.1, 0.15) is 11.6 Å². The molecule has 88 valence electrons. The zero-order valence-corrected chi connectivity index (χ0v) is 9.00. The van der Waals surface area contributed by atoms with E-state index in [0.717, 1.165) is 19.4 Å². The number of likely N-dealkylation sites (tertiary alicyclic amines) is 1. The molecule has 1 N–H and O–H groups in total. The number of aliphatic hydroxyl groups is 1. The van der Waals surface area contributed by atoms with Gasteiger partial charge in [-0.1, -0.05) is 6.07 Å². The van der Waals surface area contributed by atoms with Crippen molar-refractivity contribution in [3.63, 3.8) is 0 Å². The Morgan fingerprint density at radius 2 is 2.00 bits per heavy atom. The van der Waals surface area contributed by atoms with Crippen molar-refractivity contribution in [3.05, 3.63) is 35.4 Å². The zero-order valence-electron chi connectivity index (χ0n) is 9.00. The van der Waals surface area contributed by atoms with E-state index in [2.05, 4.69) is 0 Å². The van der Waals surface area contributed by atoms with Crippen LogP contribution in [0.15, 0.2) is 18.2 Å². The largest absolute Gasteiger partial charge is 0.392 e. The van der Waals surface area contributed by atoms with E-state index in [1.165, 1.54) is 18.2 Å². The lowest BCUT2D eigenvalue weighted by Gasteiger charge is -2.30. The first-order chi connectivity index (χ1) is 7.66. The van der Waals surface area contributed by atoms with Crippen molar-refractivity contribution in [2.75, 3.05) is 13.1 Å². The van der Waals surface area contributed by atoms with E-state index in [4.69, 9.17) is 0 Å². The Morgan fingerprint density at radius 3 is 2.62 bits per heavy atom. The van der Waals surface area contributed by atoms with Crippen LogP contribution in [0.4, 0.5) is 8.78 Å². The maximum absolute atomic E-state index is 13.4. The number of hydrogen-bond acceptors (Lipinski definition) is 2. The predicted octanol–water partition coefficient (Wildman–Crippen LogP) is 1.92. The van der Waals surface area contributed by atoms with E-state index < -0.39 is 11.6 Å². The molecular formula is C12H15F2NO. The third kappa shape index (κ3) is 2.57. The Bertz CT molecular complexity index is 350. The second-order valence-corrected chi connectivity index (χ2v) is 4.23. The SMILES string of the molecule is O[C@@H]1CCCN(Cc2c(F)cccc2F)C1. The second kappa shape index (κ2) is 4.89. The molecule has 4 heteroatoms. The minimum atomic E-state index is -0.514. The van der Waals surface area contributed by atoms with Crippen molar-refractivity contribution < 1.29 is 13.9 Å². The van der Waals surface area contributed by atoms with E-state index in [1.54, 1.807) is 0 Å². The van der Waals surface area contributed by atoms with Crippen LogP contribution in [0.1, 0.15) is 18.4 Å². The van der Waals surface area contributed by atoms with E-state index in [0.29, 0.717) is 6.54 Å².